The van der Waals surface area contributed by atoms with Crippen molar-refractivity contribution in [1.29, 1.82) is 0 Å². The molecule has 0 radical (unpaired) electrons. The minimum absolute atomic E-state index is 0.184. The molecule has 1 saturated heterocycles. The van der Waals surface area contributed by atoms with E-state index in [9.17, 15) is 5.11 Å². The smallest absolute Gasteiger partial charge is 0.161 e. The maximum absolute atomic E-state index is 10.7. The first kappa shape index (κ1) is 18.5. The van der Waals surface area contributed by atoms with Crippen LogP contribution >= 0.6 is 0 Å². The van der Waals surface area contributed by atoms with E-state index >= 15 is 0 Å². The second kappa shape index (κ2) is 7.08. The monoisotopic (exact) mass is 393 g/mol. The van der Waals surface area contributed by atoms with Crippen molar-refractivity contribution in [3.05, 3.63) is 41.5 Å². The van der Waals surface area contributed by atoms with Crippen LogP contribution in [-0.2, 0) is 13.0 Å². The highest BCUT2D eigenvalue weighted by molar-refractivity contribution is 6.12. The summed E-state index contributed by atoms with van der Waals surface area (Å²) in [5.74, 6) is 2.30. The summed E-state index contributed by atoms with van der Waals surface area (Å²) >= 11 is 0. The number of hydrogen-bond donors (Lipinski definition) is 1. The van der Waals surface area contributed by atoms with Gasteiger partial charge in [0, 0.05) is 12.6 Å². The lowest BCUT2D eigenvalue weighted by molar-refractivity contribution is 0.00130. The summed E-state index contributed by atoms with van der Waals surface area (Å²) in [6, 6.07) is 10.7. The van der Waals surface area contributed by atoms with E-state index in [1.807, 2.05) is 6.07 Å². The summed E-state index contributed by atoms with van der Waals surface area (Å²) in [7, 11) is 5.04. The van der Waals surface area contributed by atoms with E-state index in [0.29, 0.717) is 0 Å². The predicted octanol–water partition coefficient (Wildman–Crippen LogP) is 3.90. The molecule has 3 aromatic carbocycles. The van der Waals surface area contributed by atoms with Crippen LogP contribution in [0, 0.1) is 0 Å². The minimum Gasteiger partial charge on any atom is -0.497 e. The van der Waals surface area contributed by atoms with Gasteiger partial charge in [-0.05, 0) is 82.7 Å². The molecule has 29 heavy (non-hydrogen) atoms. The maximum atomic E-state index is 10.7. The third-order valence-electron chi connectivity index (χ3n) is 6.69. The normalized spacial score (nSPS) is 21.7. The van der Waals surface area contributed by atoms with Crippen LogP contribution in [0.15, 0.2) is 30.3 Å². The molecule has 2 aliphatic heterocycles. The van der Waals surface area contributed by atoms with Gasteiger partial charge in [0.05, 0.1) is 27.4 Å². The molecule has 5 heteroatoms. The van der Waals surface area contributed by atoms with Crippen LogP contribution in [0.2, 0.25) is 0 Å². The molecule has 152 valence electrons. The van der Waals surface area contributed by atoms with Crippen LogP contribution in [-0.4, -0.2) is 50.0 Å². The summed E-state index contributed by atoms with van der Waals surface area (Å²) < 4.78 is 16.7. The van der Waals surface area contributed by atoms with Crippen molar-refractivity contribution >= 4 is 21.5 Å². The largest absolute Gasteiger partial charge is 0.497 e. The molecule has 0 bridgehead atoms. The number of ether oxygens (including phenoxy) is 3. The Labute approximate surface area is 170 Å². The minimum atomic E-state index is -0.265. The number of methoxy groups -OCH3 is 3. The van der Waals surface area contributed by atoms with Crippen molar-refractivity contribution in [2.24, 2.45) is 0 Å². The van der Waals surface area contributed by atoms with Gasteiger partial charge in [-0.3, -0.25) is 4.90 Å². The van der Waals surface area contributed by atoms with Gasteiger partial charge in [0.2, 0.25) is 0 Å². The molecule has 0 aliphatic carbocycles. The van der Waals surface area contributed by atoms with Gasteiger partial charge in [0.1, 0.15) is 5.75 Å². The third-order valence-corrected chi connectivity index (χ3v) is 6.69. The average molecular weight is 393 g/mol. The number of rotatable bonds is 3. The highest BCUT2D eigenvalue weighted by atomic mass is 16.5. The predicted molar refractivity (Wildman–Crippen MR) is 114 cm³/mol. The Morgan fingerprint density at radius 3 is 2.31 bits per heavy atom. The number of piperidine rings is 1. The number of aliphatic hydroxyl groups excluding tert-OH is 1. The van der Waals surface area contributed by atoms with E-state index in [1.54, 1.807) is 21.3 Å². The maximum Gasteiger partial charge on any atom is 0.161 e. The molecular formula is C24H27NO4. The topological polar surface area (TPSA) is 51.2 Å². The highest BCUT2D eigenvalue weighted by Crippen LogP contribution is 2.44. The lowest BCUT2D eigenvalue weighted by Crippen LogP contribution is -2.51. The van der Waals surface area contributed by atoms with Gasteiger partial charge in [0.25, 0.3) is 0 Å². The fourth-order valence-corrected chi connectivity index (χ4v) is 5.21. The van der Waals surface area contributed by atoms with Gasteiger partial charge in [-0.2, -0.15) is 0 Å². The molecule has 0 amide bonds. The van der Waals surface area contributed by atoms with Gasteiger partial charge >= 0.3 is 0 Å². The van der Waals surface area contributed by atoms with Gasteiger partial charge in [0.15, 0.2) is 11.5 Å². The first-order valence-electron chi connectivity index (χ1n) is 10.2. The fourth-order valence-electron chi connectivity index (χ4n) is 5.21. The molecule has 0 aromatic heterocycles. The van der Waals surface area contributed by atoms with Crippen molar-refractivity contribution < 1.29 is 19.3 Å². The number of fused-ring (bicyclic) bond motifs is 7. The van der Waals surface area contributed by atoms with Gasteiger partial charge < -0.3 is 19.3 Å². The first-order chi connectivity index (χ1) is 14.1. The van der Waals surface area contributed by atoms with E-state index in [1.165, 1.54) is 21.9 Å². The Bertz CT molecular complexity index is 1090. The van der Waals surface area contributed by atoms with Crippen molar-refractivity contribution in [2.45, 2.75) is 38.0 Å². The van der Waals surface area contributed by atoms with Crippen molar-refractivity contribution in [3.8, 4) is 17.2 Å². The number of nitrogens with zero attached hydrogens (tertiary/aromatic N) is 1. The summed E-state index contributed by atoms with van der Waals surface area (Å²) in [5, 5.41) is 15.4. The van der Waals surface area contributed by atoms with E-state index in [2.05, 4.69) is 29.2 Å². The molecule has 2 atom stereocenters. The SMILES string of the molecule is COc1ccc2c3c(c4cc(OC)c(OC)cc4c2c1)C[C@H]1[C@@H](O)CCCN1C3. The van der Waals surface area contributed by atoms with Gasteiger partial charge in [-0.25, -0.2) is 0 Å². The highest BCUT2D eigenvalue weighted by Gasteiger charge is 2.36. The van der Waals surface area contributed by atoms with E-state index in [-0.39, 0.29) is 12.1 Å². The Hall–Kier alpha value is -2.50. The third kappa shape index (κ3) is 2.83. The molecule has 2 heterocycles. The Kier molecular flexibility index (Phi) is 4.52. The molecule has 1 N–H and O–H groups in total. The van der Waals surface area contributed by atoms with Crippen LogP contribution < -0.4 is 14.2 Å². The number of hydrogen-bond acceptors (Lipinski definition) is 5. The fraction of sp³-hybridized carbons (Fsp3) is 0.417. The Morgan fingerprint density at radius 2 is 1.59 bits per heavy atom. The zero-order valence-electron chi connectivity index (χ0n) is 17.2. The van der Waals surface area contributed by atoms with E-state index in [4.69, 9.17) is 14.2 Å². The standard InChI is InChI=1S/C24H27NO4/c1-27-14-6-7-15-16(9-14)18-11-23(28-2)24(29-3)12-19(18)17-10-21-22(26)5-4-8-25(21)13-20(15)17/h6-7,9,11-12,21-22,26H,4-5,8,10,13H2,1-3H3/t21-,22-/m0/s1. The van der Waals surface area contributed by atoms with Crippen molar-refractivity contribution in [1.82, 2.24) is 4.90 Å². The van der Waals surface area contributed by atoms with Gasteiger partial charge in [-0.15, -0.1) is 0 Å². The lowest BCUT2D eigenvalue weighted by atomic mass is 9.81. The first-order valence-corrected chi connectivity index (χ1v) is 10.2. The molecule has 0 unspecified atom stereocenters. The lowest BCUT2D eigenvalue weighted by Gasteiger charge is -2.43. The van der Waals surface area contributed by atoms with Crippen molar-refractivity contribution in [3.63, 3.8) is 0 Å². The van der Waals surface area contributed by atoms with Crippen molar-refractivity contribution in [2.75, 3.05) is 27.9 Å². The Balaban J connectivity index is 1.84. The zero-order valence-corrected chi connectivity index (χ0v) is 17.2. The van der Waals surface area contributed by atoms with Crippen LogP contribution in [0.4, 0.5) is 0 Å². The average Bonchev–Trinajstić information content (AvgIpc) is 2.77. The Morgan fingerprint density at radius 1 is 0.862 bits per heavy atom. The molecule has 0 saturated carbocycles. The summed E-state index contributed by atoms with van der Waals surface area (Å²) in [4.78, 5) is 2.45. The van der Waals surface area contributed by atoms with Crippen LogP contribution in [0.25, 0.3) is 21.5 Å². The molecule has 5 nitrogen and oxygen atoms in total. The summed E-state index contributed by atoms with van der Waals surface area (Å²) in [6.07, 6.45) is 2.52. The number of benzene rings is 3. The molecule has 1 fully saturated rings. The van der Waals surface area contributed by atoms with E-state index in [0.717, 1.165) is 60.4 Å². The van der Waals surface area contributed by atoms with Crippen LogP contribution in [0.1, 0.15) is 24.0 Å². The molecule has 2 aliphatic rings. The summed E-state index contributed by atoms with van der Waals surface area (Å²) in [6.45, 7) is 1.91. The number of aliphatic hydroxyl groups is 1. The molecular weight excluding hydrogens is 366 g/mol. The van der Waals surface area contributed by atoms with E-state index < -0.39 is 0 Å². The molecule has 3 aromatic rings. The summed E-state index contributed by atoms with van der Waals surface area (Å²) in [5.41, 5.74) is 2.67. The second-order valence-corrected chi connectivity index (χ2v) is 8.07. The molecule has 0 spiro atoms. The zero-order chi connectivity index (χ0) is 20.1. The van der Waals surface area contributed by atoms with Crippen LogP contribution in [0.5, 0.6) is 17.2 Å². The molecule has 5 rings (SSSR count). The van der Waals surface area contributed by atoms with Gasteiger partial charge in [-0.1, -0.05) is 6.07 Å². The van der Waals surface area contributed by atoms with Crippen LogP contribution in [0.3, 0.4) is 0 Å². The quantitative estimate of drug-likeness (QED) is 0.684. The second-order valence-electron chi connectivity index (χ2n) is 8.07.